The van der Waals surface area contributed by atoms with E-state index in [0.717, 1.165) is 34.2 Å². The van der Waals surface area contributed by atoms with Crippen LogP contribution in [0.1, 0.15) is 16.7 Å². The van der Waals surface area contributed by atoms with Gasteiger partial charge in [0.05, 0.1) is 5.75 Å². The molecule has 0 unspecified atom stereocenters. The molecule has 7 heteroatoms. The van der Waals surface area contributed by atoms with Gasteiger partial charge in [-0.05, 0) is 49.6 Å². The number of carbonyl (C=O) groups excluding carboxylic acids is 1. The summed E-state index contributed by atoms with van der Waals surface area (Å²) in [5.74, 6) is 0.943. The molecule has 0 aliphatic carbocycles. The minimum atomic E-state index is -0.0671. The van der Waals surface area contributed by atoms with Crippen molar-refractivity contribution in [2.75, 3.05) is 11.1 Å². The third-order valence-corrected chi connectivity index (χ3v) is 6.06. The smallest absolute Gasteiger partial charge is 0.234 e. The van der Waals surface area contributed by atoms with Gasteiger partial charge in [-0.1, -0.05) is 59.8 Å². The molecule has 1 amide bonds. The zero-order chi connectivity index (χ0) is 22.3. The van der Waals surface area contributed by atoms with Crippen molar-refractivity contribution in [2.45, 2.75) is 32.0 Å². The first-order chi connectivity index (χ1) is 15.6. The van der Waals surface area contributed by atoms with Gasteiger partial charge in [-0.25, -0.2) is 0 Å². The number of pyridine rings is 1. The molecule has 0 atom stereocenters. The summed E-state index contributed by atoms with van der Waals surface area (Å²) in [6.07, 6.45) is 4.36. The molecule has 0 radical (unpaired) electrons. The van der Waals surface area contributed by atoms with Gasteiger partial charge >= 0.3 is 0 Å². The Kier molecular flexibility index (Phi) is 6.97. The number of aryl methyl sites for hydroxylation is 3. The molecule has 1 N–H and O–H groups in total. The molecule has 0 aliphatic heterocycles. The lowest BCUT2D eigenvalue weighted by molar-refractivity contribution is -0.113. The van der Waals surface area contributed by atoms with Crippen LogP contribution in [0.15, 0.2) is 78.2 Å². The standard InChI is InChI=1S/C25H25N5OS/c1-18-10-11-22(19(2)15-18)27-23(31)17-32-25-29-28-24(21-9-6-13-26-16-21)30(25)14-12-20-7-4-3-5-8-20/h3-11,13,15-16H,12,14,17H2,1-2H3,(H,27,31). The Balaban J connectivity index is 1.49. The molecule has 4 rings (SSSR count). The third-order valence-electron chi connectivity index (χ3n) is 5.09. The van der Waals surface area contributed by atoms with Gasteiger partial charge in [0.25, 0.3) is 0 Å². The molecule has 0 spiro atoms. The molecular formula is C25H25N5OS. The number of anilines is 1. The zero-order valence-electron chi connectivity index (χ0n) is 18.2. The van der Waals surface area contributed by atoms with E-state index in [-0.39, 0.29) is 11.7 Å². The van der Waals surface area contributed by atoms with Crippen molar-refractivity contribution in [1.82, 2.24) is 19.7 Å². The van der Waals surface area contributed by atoms with Gasteiger partial charge in [0, 0.05) is 30.2 Å². The van der Waals surface area contributed by atoms with Gasteiger partial charge < -0.3 is 9.88 Å². The van der Waals surface area contributed by atoms with Gasteiger partial charge in [0.15, 0.2) is 11.0 Å². The fourth-order valence-electron chi connectivity index (χ4n) is 3.46. The maximum atomic E-state index is 12.6. The second kappa shape index (κ2) is 10.2. The van der Waals surface area contributed by atoms with E-state index in [9.17, 15) is 4.79 Å². The van der Waals surface area contributed by atoms with Gasteiger partial charge in [0.2, 0.25) is 5.91 Å². The average molecular weight is 444 g/mol. The summed E-state index contributed by atoms with van der Waals surface area (Å²) in [5, 5.41) is 12.5. The molecule has 0 saturated carbocycles. The number of rotatable bonds is 8. The topological polar surface area (TPSA) is 72.7 Å². The predicted molar refractivity (Wildman–Crippen MR) is 129 cm³/mol. The highest BCUT2D eigenvalue weighted by atomic mass is 32.2. The van der Waals surface area contributed by atoms with Crippen LogP contribution in [-0.4, -0.2) is 31.4 Å². The Morgan fingerprint density at radius 1 is 1.03 bits per heavy atom. The fourth-order valence-corrected chi connectivity index (χ4v) is 4.23. The SMILES string of the molecule is Cc1ccc(NC(=O)CSc2nnc(-c3cccnc3)n2CCc2ccccc2)c(C)c1. The van der Waals surface area contributed by atoms with Crippen LogP contribution in [0.2, 0.25) is 0 Å². The van der Waals surface area contributed by atoms with Gasteiger partial charge in [-0.3, -0.25) is 9.78 Å². The van der Waals surface area contributed by atoms with Gasteiger partial charge in [-0.2, -0.15) is 0 Å². The second-order valence-electron chi connectivity index (χ2n) is 7.59. The van der Waals surface area contributed by atoms with E-state index < -0.39 is 0 Å². The van der Waals surface area contributed by atoms with Crippen LogP contribution in [0.25, 0.3) is 11.4 Å². The summed E-state index contributed by atoms with van der Waals surface area (Å²) >= 11 is 1.39. The van der Waals surface area contributed by atoms with E-state index in [0.29, 0.717) is 6.54 Å². The quantitative estimate of drug-likeness (QED) is 0.391. The zero-order valence-corrected chi connectivity index (χ0v) is 19.0. The van der Waals surface area contributed by atoms with Gasteiger partial charge in [-0.15, -0.1) is 10.2 Å². The number of amides is 1. The molecule has 0 fully saturated rings. The first-order valence-electron chi connectivity index (χ1n) is 10.5. The highest BCUT2D eigenvalue weighted by Crippen LogP contribution is 2.25. The number of nitrogens with zero attached hydrogens (tertiary/aromatic N) is 4. The van der Waals surface area contributed by atoms with E-state index in [2.05, 4.69) is 43.3 Å². The summed E-state index contributed by atoms with van der Waals surface area (Å²) in [6, 6.07) is 20.2. The van der Waals surface area contributed by atoms with Crippen LogP contribution < -0.4 is 5.32 Å². The molecule has 0 bridgehead atoms. The van der Waals surface area contributed by atoms with Crippen molar-refractivity contribution in [1.29, 1.82) is 0 Å². The molecule has 0 saturated heterocycles. The third kappa shape index (κ3) is 5.42. The Morgan fingerprint density at radius 2 is 1.88 bits per heavy atom. The summed E-state index contributed by atoms with van der Waals surface area (Å²) in [7, 11) is 0. The molecule has 2 heterocycles. The minimum Gasteiger partial charge on any atom is -0.325 e. The molecule has 2 aromatic heterocycles. The molecule has 2 aromatic carbocycles. The lowest BCUT2D eigenvalue weighted by atomic mass is 10.1. The molecule has 4 aromatic rings. The monoisotopic (exact) mass is 443 g/mol. The molecular weight excluding hydrogens is 418 g/mol. The van der Waals surface area contributed by atoms with Crippen molar-refractivity contribution >= 4 is 23.4 Å². The van der Waals surface area contributed by atoms with Crippen molar-refractivity contribution < 1.29 is 4.79 Å². The van der Waals surface area contributed by atoms with Crippen molar-refractivity contribution in [3.8, 4) is 11.4 Å². The van der Waals surface area contributed by atoms with Crippen LogP contribution in [0, 0.1) is 13.8 Å². The Morgan fingerprint density at radius 3 is 2.62 bits per heavy atom. The number of carbonyl (C=O) groups is 1. The summed E-state index contributed by atoms with van der Waals surface area (Å²) < 4.78 is 2.07. The lowest BCUT2D eigenvalue weighted by Crippen LogP contribution is -2.15. The number of benzene rings is 2. The summed E-state index contributed by atoms with van der Waals surface area (Å²) in [4.78, 5) is 16.8. The average Bonchev–Trinajstić information content (AvgIpc) is 3.22. The van der Waals surface area contributed by atoms with E-state index >= 15 is 0 Å². The maximum Gasteiger partial charge on any atom is 0.234 e. The first-order valence-corrected chi connectivity index (χ1v) is 11.5. The minimum absolute atomic E-state index is 0.0671. The number of aromatic nitrogens is 4. The van der Waals surface area contributed by atoms with E-state index in [1.54, 1.807) is 12.4 Å². The van der Waals surface area contributed by atoms with Crippen LogP contribution in [0.4, 0.5) is 5.69 Å². The van der Waals surface area contributed by atoms with Crippen molar-refractivity contribution in [3.63, 3.8) is 0 Å². The number of hydrogen-bond donors (Lipinski definition) is 1. The largest absolute Gasteiger partial charge is 0.325 e. The molecule has 6 nitrogen and oxygen atoms in total. The van der Waals surface area contributed by atoms with Crippen molar-refractivity contribution in [3.05, 3.63) is 89.7 Å². The molecule has 0 aliphatic rings. The first kappa shape index (κ1) is 21.8. The van der Waals surface area contributed by atoms with E-state index in [1.165, 1.54) is 22.9 Å². The van der Waals surface area contributed by atoms with Crippen LogP contribution in [0.3, 0.4) is 0 Å². The Labute approximate surface area is 192 Å². The van der Waals surface area contributed by atoms with Crippen molar-refractivity contribution in [2.24, 2.45) is 0 Å². The van der Waals surface area contributed by atoms with Crippen LogP contribution in [-0.2, 0) is 17.8 Å². The Hall–Kier alpha value is -3.45. The number of nitrogens with one attached hydrogen (secondary N) is 1. The molecule has 162 valence electrons. The van der Waals surface area contributed by atoms with Gasteiger partial charge in [0.1, 0.15) is 0 Å². The number of hydrogen-bond acceptors (Lipinski definition) is 5. The highest BCUT2D eigenvalue weighted by molar-refractivity contribution is 7.99. The highest BCUT2D eigenvalue weighted by Gasteiger charge is 2.16. The summed E-state index contributed by atoms with van der Waals surface area (Å²) in [5.41, 5.74) is 5.20. The van der Waals surface area contributed by atoms with Crippen LogP contribution in [0.5, 0.6) is 0 Å². The second-order valence-corrected chi connectivity index (χ2v) is 8.53. The Bertz CT molecular complexity index is 1190. The fraction of sp³-hybridized carbons (Fsp3) is 0.200. The maximum absolute atomic E-state index is 12.6. The summed E-state index contributed by atoms with van der Waals surface area (Å²) in [6.45, 7) is 4.75. The predicted octanol–water partition coefficient (Wildman–Crippen LogP) is 4.93. The number of thioether (sulfide) groups is 1. The lowest BCUT2D eigenvalue weighted by Gasteiger charge is -2.11. The molecule has 32 heavy (non-hydrogen) atoms. The van der Waals surface area contributed by atoms with E-state index in [4.69, 9.17) is 0 Å². The van der Waals surface area contributed by atoms with E-state index in [1.807, 2.05) is 56.3 Å². The van der Waals surface area contributed by atoms with Crippen LogP contribution >= 0.6 is 11.8 Å². The normalized spacial score (nSPS) is 10.8.